The molecule has 0 aliphatic rings. The number of rotatable bonds is 7. The number of nitrogens with zero attached hydrogens (tertiary/aromatic N) is 2. The van der Waals surface area contributed by atoms with Crippen LogP contribution in [0, 0.1) is 0 Å². The highest BCUT2D eigenvalue weighted by Gasteiger charge is 2.10. The maximum absolute atomic E-state index is 11.8. The van der Waals surface area contributed by atoms with Crippen LogP contribution in [0.2, 0.25) is 5.02 Å². The molecule has 0 unspecified atom stereocenters. The molecule has 1 aromatic carbocycles. The summed E-state index contributed by atoms with van der Waals surface area (Å²) in [6.07, 6.45) is 2.41. The zero-order valence-corrected chi connectivity index (χ0v) is 13.5. The minimum Gasteiger partial charge on any atom is -0.387 e. The second kappa shape index (κ2) is 8.52. The number of halogens is 1. The number of carbonyl (C=O) groups is 1. The zero-order chi connectivity index (χ0) is 16.7. The Morgan fingerprint density at radius 3 is 3.09 bits per heavy atom. The number of amides is 2. The highest BCUT2D eigenvalue weighted by molar-refractivity contribution is 6.30. The lowest BCUT2D eigenvalue weighted by atomic mass is 10.1. The predicted molar refractivity (Wildman–Crippen MR) is 87.5 cm³/mol. The van der Waals surface area contributed by atoms with E-state index in [1.807, 2.05) is 0 Å². The lowest BCUT2D eigenvalue weighted by Gasteiger charge is -2.12. The third kappa shape index (κ3) is 5.55. The summed E-state index contributed by atoms with van der Waals surface area (Å²) in [6.45, 7) is 1.22. The molecule has 0 bridgehead atoms. The normalized spacial score (nSPS) is 12.0. The summed E-state index contributed by atoms with van der Waals surface area (Å²) in [6, 6.07) is 6.45. The summed E-state index contributed by atoms with van der Waals surface area (Å²) < 4.78 is 6.62. The van der Waals surface area contributed by atoms with E-state index in [1.54, 1.807) is 48.5 Å². The SMILES string of the molecule is COCCn1cc(NC(=O)NC[C@H](O)c2cccc(Cl)c2)cn1. The van der Waals surface area contributed by atoms with E-state index in [1.165, 1.54) is 0 Å². The fourth-order valence-electron chi connectivity index (χ4n) is 1.93. The van der Waals surface area contributed by atoms with E-state index in [2.05, 4.69) is 15.7 Å². The van der Waals surface area contributed by atoms with Crippen LogP contribution >= 0.6 is 11.6 Å². The van der Waals surface area contributed by atoms with Gasteiger partial charge in [0.2, 0.25) is 0 Å². The Hall–Kier alpha value is -2.09. The molecule has 7 nitrogen and oxygen atoms in total. The number of ether oxygens (including phenoxy) is 1. The molecular weight excluding hydrogens is 320 g/mol. The van der Waals surface area contributed by atoms with E-state index in [4.69, 9.17) is 16.3 Å². The van der Waals surface area contributed by atoms with Crippen molar-refractivity contribution in [3.63, 3.8) is 0 Å². The van der Waals surface area contributed by atoms with Crippen molar-refractivity contribution in [2.75, 3.05) is 25.6 Å². The molecular formula is C15H19ClN4O3. The minimum absolute atomic E-state index is 0.0734. The number of urea groups is 1. The fourth-order valence-corrected chi connectivity index (χ4v) is 2.13. The van der Waals surface area contributed by atoms with Gasteiger partial charge in [0.1, 0.15) is 0 Å². The first-order valence-corrected chi connectivity index (χ1v) is 7.46. The van der Waals surface area contributed by atoms with Crippen molar-refractivity contribution in [2.24, 2.45) is 0 Å². The summed E-state index contributed by atoms with van der Waals surface area (Å²) in [5.41, 5.74) is 1.21. The summed E-state index contributed by atoms with van der Waals surface area (Å²) in [5.74, 6) is 0. The van der Waals surface area contributed by atoms with Gasteiger partial charge in [-0.05, 0) is 17.7 Å². The first-order chi connectivity index (χ1) is 11.1. The molecule has 1 atom stereocenters. The van der Waals surface area contributed by atoms with Crippen molar-refractivity contribution in [3.05, 3.63) is 47.2 Å². The Labute approximate surface area is 139 Å². The van der Waals surface area contributed by atoms with E-state index in [0.29, 0.717) is 29.4 Å². The lowest BCUT2D eigenvalue weighted by Crippen LogP contribution is -2.32. The molecule has 2 amide bonds. The van der Waals surface area contributed by atoms with Crippen molar-refractivity contribution in [2.45, 2.75) is 12.6 Å². The van der Waals surface area contributed by atoms with E-state index in [0.717, 1.165) is 0 Å². The Morgan fingerprint density at radius 2 is 2.35 bits per heavy atom. The van der Waals surface area contributed by atoms with Gasteiger partial charge in [0.25, 0.3) is 0 Å². The molecule has 0 aliphatic heterocycles. The van der Waals surface area contributed by atoms with Crippen molar-refractivity contribution in [1.29, 1.82) is 0 Å². The third-order valence-corrected chi connectivity index (χ3v) is 3.34. The van der Waals surface area contributed by atoms with Crippen LogP contribution in [0.1, 0.15) is 11.7 Å². The molecule has 0 saturated heterocycles. The number of carbonyl (C=O) groups excluding carboxylic acids is 1. The maximum Gasteiger partial charge on any atom is 0.319 e. The largest absolute Gasteiger partial charge is 0.387 e. The second-order valence-corrected chi connectivity index (χ2v) is 5.33. The molecule has 0 spiro atoms. The number of methoxy groups -OCH3 is 1. The number of hydrogen-bond donors (Lipinski definition) is 3. The zero-order valence-electron chi connectivity index (χ0n) is 12.7. The standard InChI is InChI=1S/C15H19ClN4O3/c1-23-6-5-20-10-13(8-18-20)19-15(22)17-9-14(21)11-3-2-4-12(16)7-11/h2-4,7-8,10,14,21H,5-6,9H2,1H3,(H2,17,19,22)/t14-/m0/s1. The maximum atomic E-state index is 11.8. The van der Waals surface area contributed by atoms with Crippen LogP contribution in [0.15, 0.2) is 36.7 Å². The van der Waals surface area contributed by atoms with Gasteiger partial charge in [-0.15, -0.1) is 0 Å². The molecule has 1 heterocycles. The van der Waals surface area contributed by atoms with Gasteiger partial charge < -0.3 is 20.5 Å². The summed E-state index contributed by atoms with van der Waals surface area (Å²) in [4.78, 5) is 11.8. The topological polar surface area (TPSA) is 88.4 Å². The van der Waals surface area contributed by atoms with Gasteiger partial charge in [-0.1, -0.05) is 23.7 Å². The number of nitrogens with one attached hydrogen (secondary N) is 2. The number of aromatic nitrogens is 2. The van der Waals surface area contributed by atoms with Gasteiger partial charge in [0.15, 0.2) is 0 Å². The van der Waals surface area contributed by atoms with Crippen LogP contribution in [0.25, 0.3) is 0 Å². The highest BCUT2D eigenvalue weighted by Crippen LogP contribution is 2.17. The molecule has 2 rings (SSSR count). The summed E-state index contributed by atoms with van der Waals surface area (Å²) in [5, 5.41) is 19.9. The number of anilines is 1. The minimum atomic E-state index is -0.830. The van der Waals surface area contributed by atoms with Gasteiger partial charge in [-0.2, -0.15) is 5.10 Å². The average Bonchev–Trinajstić information content (AvgIpc) is 2.98. The van der Waals surface area contributed by atoms with E-state index >= 15 is 0 Å². The average molecular weight is 339 g/mol. The van der Waals surface area contributed by atoms with E-state index in [-0.39, 0.29) is 6.54 Å². The van der Waals surface area contributed by atoms with Crippen LogP contribution in [-0.4, -0.2) is 41.2 Å². The van der Waals surface area contributed by atoms with Gasteiger partial charge >= 0.3 is 6.03 Å². The molecule has 0 radical (unpaired) electrons. The number of hydrogen-bond acceptors (Lipinski definition) is 4. The Balaban J connectivity index is 1.79. The van der Waals surface area contributed by atoms with Crippen LogP contribution in [-0.2, 0) is 11.3 Å². The molecule has 124 valence electrons. The summed E-state index contributed by atoms with van der Waals surface area (Å²) >= 11 is 5.87. The van der Waals surface area contributed by atoms with Crippen molar-refractivity contribution >= 4 is 23.3 Å². The number of aliphatic hydroxyl groups is 1. The van der Waals surface area contributed by atoms with Crippen LogP contribution in [0.3, 0.4) is 0 Å². The molecule has 23 heavy (non-hydrogen) atoms. The first kappa shape index (κ1) is 17.3. The second-order valence-electron chi connectivity index (χ2n) is 4.89. The van der Waals surface area contributed by atoms with Crippen molar-refractivity contribution in [3.8, 4) is 0 Å². The van der Waals surface area contributed by atoms with E-state index < -0.39 is 12.1 Å². The van der Waals surface area contributed by atoms with Crippen LogP contribution < -0.4 is 10.6 Å². The van der Waals surface area contributed by atoms with Crippen molar-refractivity contribution < 1.29 is 14.6 Å². The van der Waals surface area contributed by atoms with Crippen LogP contribution in [0.4, 0.5) is 10.5 Å². The van der Waals surface area contributed by atoms with Gasteiger partial charge in [-0.3, -0.25) is 4.68 Å². The Kier molecular flexibility index (Phi) is 6.40. The highest BCUT2D eigenvalue weighted by atomic mass is 35.5. The first-order valence-electron chi connectivity index (χ1n) is 7.08. The van der Waals surface area contributed by atoms with Gasteiger partial charge in [0.05, 0.1) is 31.1 Å². The monoisotopic (exact) mass is 338 g/mol. The number of aliphatic hydroxyl groups excluding tert-OH is 1. The molecule has 0 fully saturated rings. The smallest absolute Gasteiger partial charge is 0.319 e. The summed E-state index contributed by atoms with van der Waals surface area (Å²) in [7, 11) is 1.61. The van der Waals surface area contributed by atoms with Gasteiger partial charge in [-0.25, -0.2) is 4.79 Å². The molecule has 0 aliphatic carbocycles. The van der Waals surface area contributed by atoms with Gasteiger partial charge in [0, 0.05) is 24.9 Å². The molecule has 2 aromatic rings. The molecule has 8 heteroatoms. The Morgan fingerprint density at radius 1 is 1.52 bits per heavy atom. The van der Waals surface area contributed by atoms with Crippen LogP contribution in [0.5, 0.6) is 0 Å². The quantitative estimate of drug-likeness (QED) is 0.720. The molecule has 1 aromatic heterocycles. The lowest BCUT2D eigenvalue weighted by molar-refractivity contribution is 0.175. The third-order valence-electron chi connectivity index (χ3n) is 3.11. The predicted octanol–water partition coefficient (Wildman–Crippen LogP) is 2.04. The molecule has 3 N–H and O–H groups in total. The Bertz CT molecular complexity index is 647. The fraction of sp³-hybridized carbons (Fsp3) is 0.333. The molecule has 0 saturated carbocycles. The number of benzene rings is 1. The van der Waals surface area contributed by atoms with Crippen molar-refractivity contribution in [1.82, 2.24) is 15.1 Å². The van der Waals surface area contributed by atoms with E-state index in [9.17, 15) is 9.90 Å².